The zero-order valence-corrected chi connectivity index (χ0v) is 16.5. The first-order chi connectivity index (χ1) is 12.2. The minimum absolute atomic E-state index is 0.0963. The molecule has 1 fully saturated rings. The molecule has 1 aliphatic heterocycles. The third kappa shape index (κ3) is 4.97. The Bertz CT molecular complexity index is 654. The van der Waals surface area contributed by atoms with Gasteiger partial charge in [-0.2, -0.15) is 0 Å². The minimum Gasteiger partial charge on any atom is -0.400 e. The normalized spacial score (nSPS) is 18.8. The number of rotatable bonds is 7. The molecular weight excluding hydrogens is 329 g/mol. The van der Waals surface area contributed by atoms with E-state index in [0.29, 0.717) is 13.0 Å². The maximum absolute atomic E-state index is 11.4. The van der Waals surface area contributed by atoms with E-state index in [0.717, 1.165) is 23.0 Å². The third-order valence-electron chi connectivity index (χ3n) is 5.10. The Morgan fingerprint density at radius 3 is 2.38 bits per heavy atom. The summed E-state index contributed by atoms with van der Waals surface area (Å²) in [6.45, 7) is 10.1. The number of amides is 1. The second-order valence-electron chi connectivity index (χ2n) is 7.74. The highest BCUT2D eigenvalue weighted by Crippen LogP contribution is 2.38. The number of carbonyl (C=O) groups is 1. The fourth-order valence-corrected chi connectivity index (χ4v) is 2.80. The number of aliphatic hydroxyl groups excluding tert-OH is 1. The maximum Gasteiger partial charge on any atom is 0.492 e. The lowest BCUT2D eigenvalue weighted by atomic mass is 9.76. The number of hydrogen-bond donors (Lipinski definition) is 2. The topological polar surface area (TPSA) is 67.8 Å². The van der Waals surface area contributed by atoms with Crippen molar-refractivity contribution in [2.75, 3.05) is 13.2 Å². The predicted molar refractivity (Wildman–Crippen MR) is 105 cm³/mol. The Morgan fingerprint density at radius 2 is 1.81 bits per heavy atom. The lowest BCUT2D eigenvalue weighted by Gasteiger charge is -2.32. The quantitative estimate of drug-likeness (QED) is 0.735. The summed E-state index contributed by atoms with van der Waals surface area (Å²) in [5, 5.41) is 12.0. The van der Waals surface area contributed by atoms with E-state index in [1.54, 1.807) is 0 Å². The first-order valence-corrected chi connectivity index (χ1v) is 9.15. The number of benzene rings is 1. The van der Waals surface area contributed by atoms with E-state index in [1.807, 2.05) is 52.0 Å². The predicted octanol–water partition coefficient (Wildman–Crippen LogP) is 2.76. The van der Waals surface area contributed by atoms with E-state index in [2.05, 4.69) is 11.4 Å². The van der Waals surface area contributed by atoms with Gasteiger partial charge in [0.05, 0.1) is 11.2 Å². The summed E-state index contributed by atoms with van der Waals surface area (Å²) in [4.78, 5) is 11.4. The van der Waals surface area contributed by atoms with Gasteiger partial charge in [0.1, 0.15) is 0 Å². The van der Waals surface area contributed by atoms with Crippen molar-refractivity contribution in [2.45, 2.75) is 58.7 Å². The summed E-state index contributed by atoms with van der Waals surface area (Å²) < 4.78 is 12.3. The van der Waals surface area contributed by atoms with Gasteiger partial charge in [0.2, 0.25) is 5.91 Å². The van der Waals surface area contributed by atoms with E-state index >= 15 is 0 Å². The smallest absolute Gasteiger partial charge is 0.400 e. The molecule has 0 unspecified atom stereocenters. The van der Waals surface area contributed by atoms with Crippen molar-refractivity contribution in [3.05, 3.63) is 40.9 Å². The summed E-state index contributed by atoms with van der Waals surface area (Å²) >= 11 is 0. The van der Waals surface area contributed by atoms with Gasteiger partial charge in [0, 0.05) is 20.1 Å². The van der Waals surface area contributed by atoms with Crippen LogP contribution in [0.2, 0.25) is 0 Å². The van der Waals surface area contributed by atoms with Crippen LogP contribution in [0.3, 0.4) is 0 Å². The highest BCUT2D eigenvalue weighted by molar-refractivity contribution is 6.56. The molecule has 0 aliphatic carbocycles. The van der Waals surface area contributed by atoms with Gasteiger partial charge in [-0.25, -0.2) is 0 Å². The molecule has 5 nitrogen and oxygen atoms in total. The molecule has 1 amide bonds. The Kier molecular flexibility index (Phi) is 6.66. The highest BCUT2D eigenvalue weighted by atomic mass is 16.7. The van der Waals surface area contributed by atoms with Gasteiger partial charge in [-0.05, 0) is 57.1 Å². The molecule has 6 heteroatoms. The summed E-state index contributed by atoms with van der Waals surface area (Å²) in [6, 6.07) is 8.06. The van der Waals surface area contributed by atoms with Crippen LogP contribution in [0, 0.1) is 0 Å². The van der Waals surface area contributed by atoms with Crippen molar-refractivity contribution < 1.29 is 19.2 Å². The molecule has 1 aromatic carbocycles. The van der Waals surface area contributed by atoms with Gasteiger partial charge < -0.3 is 19.7 Å². The monoisotopic (exact) mass is 359 g/mol. The van der Waals surface area contributed by atoms with Gasteiger partial charge in [-0.1, -0.05) is 30.3 Å². The molecule has 142 valence electrons. The molecular formula is C20H30BNO4. The fourth-order valence-electron chi connectivity index (χ4n) is 2.80. The van der Waals surface area contributed by atoms with E-state index in [-0.39, 0.29) is 12.5 Å². The van der Waals surface area contributed by atoms with Crippen LogP contribution in [0.5, 0.6) is 0 Å². The van der Waals surface area contributed by atoms with Gasteiger partial charge in [0.15, 0.2) is 0 Å². The number of aliphatic hydroxyl groups is 1. The summed E-state index contributed by atoms with van der Waals surface area (Å²) in [7, 11) is -0.516. The lowest BCUT2D eigenvalue weighted by Crippen LogP contribution is -2.41. The van der Waals surface area contributed by atoms with Crippen molar-refractivity contribution in [2.24, 2.45) is 0 Å². The molecule has 0 saturated carbocycles. The minimum atomic E-state index is -0.516. The Balaban J connectivity index is 2.34. The highest BCUT2D eigenvalue weighted by Gasteiger charge is 2.52. The average molecular weight is 359 g/mol. The molecule has 0 bridgehead atoms. The summed E-state index contributed by atoms with van der Waals surface area (Å²) in [5.41, 5.74) is 2.19. The van der Waals surface area contributed by atoms with Crippen molar-refractivity contribution in [3.63, 3.8) is 0 Å². The number of hydrogen-bond acceptors (Lipinski definition) is 4. The molecule has 1 heterocycles. The second-order valence-corrected chi connectivity index (χ2v) is 7.74. The average Bonchev–Trinajstić information content (AvgIpc) is 2.78. The Morgan fingerprint density at radius 1 is 1.19 bits per heavy atom. The van der Waals surface area contributed by atoms with Crippen LogP contribution >= 0.6 is 0 Å². The first-order valence-electron chi connectivity index (χ1n) is 9.15. The maximum atomic E-state index is 11.4. The van der Waals surface area contributed by atoms with Crippen LogP contribution < -0.4 is 5.32 Å². The number of aryl methyl sites for hydroxylation is 1. The van der Waals surface area contributed by atoms with Crippen molar-refractivity contribution in [1.82, 2.24) is 5.32 Å². The van der Waals surface area contributed by atoms with Crippen LogP contribution in [-0.2, 0) is 20.5 Å². The van der Waals surface area contributed by atoms with Gasteiger partial charge in [0.25, 0.3) is 0 Å². The van der Waals surface area contributed by atoms with Crippen LogP contribution in [0.4, 0.5) is 0 Å². The van der Waals surface area contributed by atoms with E-state index in [4.69, 9.17) is 14.4 Å². The van der Waals surface area contributed by atoms with Crippen molar-refractivity contribution >= 4 is 19.1 Å². The molecule has 26 heavy (non-hydrogen) atoms. The Hall–Kier alpha value is -1.63. The molecule has 1 saturated heterocycles. The second kappa shape index (κ2) is 8.38. The summed E-state index contributed by atoms with van der Waals surface area (Å²) in [5.74, 6) is -0.0963. The number of carbonyl (C=O) groups excluding carboxylic acids is 1. The largest absolute Gasteiger partial charge is 0.492 e. The molecule has 0 aromatic heterocycles. The van der Waals surface area contributed by atoms with Crippen LogP contribution in [0.1, 0.15) is 52.2 Å². The van der Waals surface area contributed by atoms with E-state index in [1.165, 1.54) is 6.92 Å². The SMILES string of the molecule is CC(=O)NCC(=Cc1ccccc1CCCO)B1OC(C)(C)C(C)(C)O1. The third-order valence-corrected chi connectivity index (χ3v) is 5.10. The van der Waals surface area contributed by atoms with Gasteiger partial charge in [-0.3, -0.25) is 4.79 Å². The van der Waals surface area contributed by atoms with Crippen LogP contribution in [0.25, 0.3) is 6.08 Å². The fraction of sp³-hybridized carbons (Fsp3) is 0.550. The van der Waals surface area contributed by atoms with Crippen molar-refractivity contribution in [3.8, 4) is 0 Å². The standard InChI is InChI=1S/C20H30BNO4/c1-15(24)22-14-18(21-25-19(2,3)20(4,5)26-21)13-17-10-7-6-9-16(17)11-8-12-23/h6-7,9-10,13,23H,8,11-12,14H2,1-5H3,(H,22,24). The van der Waals surface area contributed by atoms with E-state index < -0.39 is 18.3 Å². The zero-order valence-electron chi connectivity index (χ0n) is 16.5. The Labute approximate surface area is 156 Å². The molecule has 0 atom stereocenters. The molecule has 1 aliphatic rings. The van der Waals surface area contributed by atoms with Gasteiger partial charge in [-0.15, -0.1) is 0 Å². The zero-order chi connectivity index (χ0) is 19.4. The lowest BCUT2D eigenvalue weighted by molar-refractivity contribution is -0.118. The number of nitrogens with one attached hydrogen (secondary N) is 1. The summed E-state index contributed by atoms with van der Waals surface area (Å²) in [6.07, 6.45) is 3.53. The molecule has 1 aromatic rings. The molecule has 2 N–H and O–H groups in total. The first kappa shape index (κ1) is 20.7. The van der Waals surface area contributed by atoms with Crippen LogP contribution in [-0.4, -0.2) is 42.5 Å². The molecule has 0 radical (unpaired) electrons. The van der Waals surface area contributed by atoms with Crippen LogP contribution in [0.15, 0.2) is 29.7 Å². The molecule has 0 spiro atoms. The molecule has 2 rings (SSSR count). The van der Waals surface area contributed by atoms with E-state index in [9.17, 15) is 4.79 Å². The van der Waals surface area contributed by atoms with Crippen molar-refractivity contribution in [1.29, 1.82) is 0 Å². The van der Waals surface area contributed by atoms with Gasteiger partial charge >= 0.3 is 7.12 Å².